The van der Waals surface area contributed by atoms with Crippen LogP contribution in [0.2, 0.25) is 0 Å². The summed E-state index contributed by atoms with van der Waals surface area (Å²) in [6, 6.07) is 10.5. The van der Waals surface area contributed by atoms with Crippen LogP contribution in [0.25, 0.3) is 10.9 Å². The minimum absolute atomic E-state index is 0.0139. The number of likely N-dealkylation sites (N-methyl/N-ethyl adjacent to an activating group) is 1. The Balaban J connectivity index is 1.53. The number of carbonyl (C=O) groups is 2. The Morgan fingerprint density at radius 3 is 2.33 bits per heavy atom. The summed E-state index contributed by atoms with van der Waals surface area (Å²) in [7, 11) is -0.815. The van der Waals surface area contributed by atoms with Gasteiger partial charge in [-0.05, 0) is 62.5 Å². The zero-order valence-electron chi connectivity index (χ0n) is 24.8. The van der Waals surface area contributed by atoms with Gasteiger partial charge in [-0.3, -0.25) is 4.79 Å². The average molecular weight is 643 g/mol. The van der Waals surface area contributed by atoms with Gasteiger partial charge in [-0.25, -0.2) is 22.0 Å². The number of anilines is 3. The van der Waals surface area contributed by atoms with E-state index in [1.807, 2.05) is 19.1 Å². The molecule has 1 saturated heterocycles. The van der Waals surface area contributed by atoms with Gasteiger partial charge in [0.1, 0.15) is 11.6 Å². The average Bonchev–Trinajstić information content (AvgIpc) is 3.35. The van der Waals surface area contributed by atoms with Crippen LogP contribution < -0.4 is 15.5 Å². The Bertz CT molecular complexity index is 1850. The number of rotatable bonds is 9. The Kier molecular flexibility index (Phi) is 9.04. The second kappa shape index (κ2) is 12.8. The molecule has 1 aliphatic rings. The molecule has 4 aromatic rings. The first-order valence-electron chi connectivity index (χ1n) is 14.0. The van der Waals surface area contributed by atoms with Crippen LogP contribution in [0.5, 0.6) is 0 Å². The first-order valence-corrected chi connectivity index (χ1v) is 15.5. The monoisotopic (exact) mass is 642 g/mol. The maximum atomic E-state index is 13.8. The van der Waals surface area contributed by atoms with Crippen molar-refractivity contribution >= 4 is 49.9 Å². The van der Waals surface area contributed by atoms with E-state index in [9.17, 15) is 31.9 Å². The van der Waals surface area contributed by atoms with Gasteiger partial charge in [-0.2, -0.15) is 4.68 Å². The first-order chi connectivity index (χ1) is 21.4. The molecule has 3 N–H and O–H groups in total. The number of halogens is 2. The van der Waals surface area contributed by atoms with Crippen molar-refractivity contribution in [1.29, 1.82) is 0 Å². The zero-order chi connectivity index (χ0) is 32.5. The molecule has 0 bridgehead atoms. The lowest BCUT2D eigenvalue weighted by atomic mass is 10.1. The normalized spacial score (nSPS) is 14.8. The van der Waals surface area contributed by atoms with Crippen LogP contribution in [-0.2, 0) is 14.6 Å². The number of methoxy groups -OCH3 is 1. The lowest BCUT2D eigenvalue weighted by Gasteiger charge is -2.34. The number of piperazine rings is 1. The van der Waals surface area contributed by atoms with Crippen LogP contribution >= 0.6 is 0 Å². The molecule has 1 aliphatic heterocycles. The highest BCUT2D eigenvalue weighted by Gasteiger charge is 2.25. The number of amides is 1. The molecule has 1 atom stereocenters. The number of hydrogen-bond acceptors (Lipinski definition) is 9. The van der Waals surface area contributed by atoms with Crippen molar-refractivity contribution in [3.8, 4) is 0 Å². The molecule has 238 valence electrons. The maximum absolute atomic E-state index is 13.8. The number of aromatic nitrogens is 2. The second-order valence-electron chi connectivity index (χ2n) is 10.8. The number of carboxylic acid groups (broad SMARTS) is 1. The highest BCUT2D eigenvalue weighted by molar-refractivity contribution is 7.91. The molecule has 15 heteroatoms. The molecule has 5 rings (SSSR count). The van der Waals surface area contributed by atoms with E-state index in [1.54, 1.807) is 13.2 Å². The molecule has 1 aromatic heterocycles. The van der Waals surface area contributed by atoms with Crippen molar-refractivity contribution in [2.45, 2.75) is 22.8 Å². The Hall–Kier alpha value is -4.60. The molecule has 2 heterocycles. The van der Waals surface area contributed by atoms with Gasteiger partial charge >= 0.3 is 6.09 Å². The van der Waals surface area contributed by atoms with Crippen LogP contribution in [0.15, 0.2) is 64.4 Å². The fourth-order valence-electron chi connectivity index (χ4n) is 5.17. The fourth-order valence-corrected chi connectivity index (χ4v) is 6.49. The third-order valence-corrected chi connectivity index (χ3v) is 9.19. The molecule has 45 heavy (non-hydrogen) atoms. The zero-order valence-corrected chi connectivity index (χ0v) is 25.6. The van der Waals surface area contributed by atoms with E-state index in [4.69, 9.17) is 4.74 Å². The van der Waals surface area contributed by atoms with Crippen molar-refractivity contribution in [2.75, 3.05) is 62.5 Å². The number of nitrogens with one attached hydrogen (secondary N) is 2. The number of sulfone groups is 1. The van der Waals surface area contributed by atoms with E-state index in [0.717, 1.165) is 44.0 Å². The molecule has 1 fully saturated rings. The topological polar surface area (TPSA) is 146 Å². The summed E-state index contributed by atoms with van der Waals surface area (Å²) < 4.78 is 60.1. The highest BCUT2D eigenvalue weighted by Crippen LogP contribution is 2.31. The number of ether oxygens (including phenoxy) is 1. The number of fused-ring (bicyclic) bond motifs is 1. The van der Waals surface area contributed by atoms with Gasteiger partial charge < -0.3 is 30.3 Å². The number of carbonyl (C=O) groups excluding carboxylic acids is 1. The van der Waals surface area contributed by atoms with Crippen molar-refractivity contribution < 1.29 is 36.6 Å². The minimum atomic E-state index is -4.44. The van der Waals surface area contributed by atoms with Crippen LogP contribution in [0.4, 0.5) is 30.8 Å². The predicted octanol–water partition coefficient (Wildman–Crippen LogP) is 4.12. The van der Waals surface area contributed by atoms with Gasteiger partial charge in [0, 0.05) is 62.2 Å². The smallest absolute Gasteiger partial charge is 0.432 e. The van der Waals surface area contributed by atoms with Gasteiger partial charge in [0.15, 0.2) is 5.82 Å². The van der Waals surface area contributed by atoms with Gasteiger partial charge in [0.2, 0.25) is 9.84 Å². The van der Waals surface area contributed by atoms with Crippen LogP contribution in [0, 0.1) is 11.6 Å². The Morgan fingerprint density at radius 2 is 1.69 bits per heavy atom. The lowest BCUT2D eigenvalue weighted by Crippen LogP contribution is -2.44. The fraction of sp³-hybridized carbons (Fsp3) is 0.300. The first kappa shape index (κ1) is 31.8. The van der Waals surface area contributed by atoms with E-state index in [2.05, 4.69) is 32.6 Å². The SMILES string of the molecule is COC[C@@H](C)Nc1cc(N2CCN(C)CC2)ccc1C(=O)Nc1nn(C(=O)O)c2ccc(S(=O)(=O)c3cc(F)cc(F)c3)cc12. The van der Waals surface area contributed by atoms with E-state index in [-0.39, 0.29) is 33.2 Å². The molecule has 1 amide bonds. The van der Waals surface area contributed by atoms with Crippen LogP contribution in [0.3, 0.4) is 0 Å². The molecule has 0 aliphatic carbocycles. The molecule has 0 spiro atoms. The summed E-state index contributed by atoms with van der Waals surface area (Å²) in [5.41, 5.74) is 1.63. The third kappa shape index (κ3) is 6.74. The molecule has 0 radical (unpaired) electrons. The number of hydrogen-bond donors (Lipinski definition) is 3. The standard InChI is InChI=1S/C30H32F2N6O6S/c1-18(17-44-3)33-26-15-21(37-10-8-36(2)9-11-37)4-6-24(26)29(39)34-28-25-16-22(5-7-27(25)38(35-28)30(40)41)45(42,43)23-13-19(31)12-20(32)14-23/h4-7,12-16,18,33H,8-11,17H2,1-3H3,(H,40,41)(H,34,35,39)/t18-/m1/s1. The predicted molar refractivity (Wildman–Crippen MR) is 164 cm³/mol. The van der Waals surface area contributed by atoms with E-state index in [1.165, 1.54) is 6.07 Å². The van der Waals surface area contributed by atoms with Crippen molar-refractivity contribution in [3.05, 3.63) is 71.8 Å². The van der Waals surface area contributed by atoms with Crippen LogP contribution in [0.1, 0.15) is 17.3 Å². The molecular weight excluding hydrogens is 610 g/mol. The summed E-state index contributed by atoms with van der Waals surface area (Å²) in [5.74, 6) is -3.02. The van der Waals surface area contributed by atoms with Crippen molar-refractivity contribution in [3.63, 3.8) is 0 Å². The minimum Gasteiger partial charge on any atom is -0.463 e. The lowest BCUT2D eigenvalue weighted by molar-refractivity contribution is 0.102. The molecule has 12 nitrogen and oxygen atoms in total. The highest BCUT2D eigenvalue weighted by atomic mass is 32.2. The van der Waals surface area contributed by atoms with Crippen molar-refractivity contribution in [1.82, 2.24) is 14.7 Å². The molecule has 0 unspecified atom stereocenters. The molecular formula is C30H32F2N6O6S. The summed E-state index contributed by atoms with van der Waals surface area (Å²) >= 11 is 0. The molecule has 0 saturated carbocycles. The summed E-state index contributed by atoms with van der Waals surface area (Å²) in [4.78, 5) is 29.1. The Morgan fingerprint density at radius 1 is 1.00 bits per heavy atom. The summed E-state index contributed by atoms with van der Waals surface area (Å²) in [5, 5.41) is 19.7. The van der Waals surface area contributed by atoms with Crippen LogP contribution in [-0.4, -0.2) is 93.2 Å². The third-order valence-electron chi connectivity index (χ3n) is 7.46. The van der Waals surface area contributed by atoms with E-state index >= 15 is 0 Å². The van der Waals surface area contributed by atoms with Gasteiger partial charge in [0.05, 0.1) is 27.5 Å². The molecule has 3 aromatic carbocycles. The van der Waals surface area contributed by atoms with Gasteiger partial charge in [0.25, 0.3) is 5.91 Å². The summed E-state index contributed by atoms with van der Waals surface area (Å²) in [6.07, 6.45) is -1.48. The van der Waals surface area contributed by atoms with Gasteiger partial charge in [-0.15, -0.1) is 5.10 Å². The van der Waals surface area contributed by atoms with Gasteiger partial charge in [-0.1, -0.05) is 0 Å². The summed E-state index contributed by atoms with van der Waals surface area (Å²) in [6.45, 7) is 5.64. The van der Waals surface area contributed by atoms with E-state index < -0.39 is 38.4 Å². The Labute approximate surface area is 258 Å². The quantitative estimate of drug-likeness (QED) is 0.244. The van der Waals surface area contributed by atoms with Crippen molar-refractivity contribution in [2.24, 2.45) is 0 Å². The number of nitrogens with zero attached hydrogens (tertiary/aromatic N) is 4. The number of benzene rings is 3. The second-order valence-corrected chi connectivity index (χ2v) is 12.8. The largest absolute Gasteiger partial charge is 0.463 e. The van der Waals surface area contributed by atoms with E-state index in [0.29, 0.717) is 35.2 Å². The maximum Gasteiger partial charge on any atom is 0.432 e.